The summed E-state index contributed by atoms with van der Waals surface area (Å²) in [5.74, 6) is 0.936. The fourth-order valence-corrected chi connectivity index (χ4v) is 3.21. The highest BCUT2D eigenvalue weighted by molar-refractivity contribution is 5.38. The minimum atomic E-state index is 0.838. The molecule has 3 rings (SSSR count). The van der Waals surface area contributed by atoms with Gasteiger partial charge in [-0.05, 0) is 17.9 Å². The van der Waals surface area contributed by atoms with Gasteiger partial charge in [0.15, 0.2) is 0 Å². The number of benzene rings is 1. The molecule has 1 aliphatic rings. The van der Waals surface area contributed by atoms with Crippen LogP contribution >= 0.6 is 0 Å². The normalized spacial score (nSPS) is 16.0. The molecule has 21 heavy (non-hydrogen) atoms. The fourth-order valence-electron chi connectivity index (χ4n) is 3.21. The number of anilines is 1. The van der Waals surface area contributed by atoms with Crippen LogP contribution in [0.15, 0.2) is 42.7 Å². The Labute approximate surface area is 127 Å². The monoisotopic (exact) mass is 283 g/mol. The summed E-state index contributed by atoms with van der Waals surface area (Å²) in [5.41, 5.74) is 2.43. The van der Waals surface area contributed by atoms with Gasteiger partial charge in [-0.2, -0.15) is 5.10 Å². The van der Waals surface area contributed by atoms with E-state index < -0.39 is 0 Å². The fraction of sp³-hybridized carbons (Fsp3) is 0.500. The molecule has 1 N–H and O–H groups in total. The van der Waals surface area contributed by atoms with Gasteiger partial charge in [0, 0.05) is 12.7 Å². The van der Waals surface area contributed by atoms with Crippen molar-refractivity contribution in [3.63, 3.8) is 0 Å². The molecule has 0 radical (unpaired) electrons. The van der Waals surface area contributed by atoms with Crippen LogP contribution in [0, 0.1) is 5.92 Å². The van der Waals surface area contributed by atoms with Crippen molar-refractivity contribution in [3.05, 3.63) is 48.3 Å². The Morgan fingerprint density at radius 2 is 1.90 bits per heavy atom. The van der Waals surface area contributed by atoms with Gasteiger partial charge in [-0.3, -0.25) is 4.68 Å². The van der Waals surface area contributed by atoms with E-state index in [4.69, 9.17) is 0 Å². The van der Waals surface area contributed by atoms with Gasteiger partial charge < -0.3 is 5.32 Å². The van der Waals surface area contributed by atoms with E-state index in [1.807, 2.05) is 16.9 Å². The molecule has 1 aromatic carbocycles. The number of hydrogen-bond acceptors (Lipinski definition) is 2. The molecule has 1 fully saturated rings. The van der Waals surface area contributed by atoms with Crippen molar-refractivity contribution in [1.82, 2.24) is 9.78 Å². The Bertz CT molecular complexity index is 526. The molecule has 0 aliphatic heterocycles. The molecule has 1 aromatic heterocycles. The van der Waals surface area contributed by atoms with Gasteiger partial charge in [0.05, 0.1) is 18.4 Å². The average Bonchev–Trinajstić information content (AvgIpc) is 2.97. The lowest BCUT2D eigenvalue weighted by atomic mass is 9.87. The molecule has 112 valence electrons. The van der Waals surface area contributed by atoms with Gasteiger partial charge in [0.1, 0.15) is 0 Å². The summed E-state index contributed by atoms with van der Waals surface area (Å²) in [6, 6.07) is 10.5. The quantitative estimate of drug-likeness (QED) is 0.856. The van der Waals surface area contributed by atoms with Crippen LogP contribution < -0.4 is 5.32 Å². The van der Waals surface area contributed by atoms with Crippen molar-refractivity contribution in [3.8, 4) is 0 Å². The molecule has 3 heteroatoms. The zero-order chi connectivity index (χ0) is 14.3. The highest BCUT2D eigenvalue weighted by Gasteiger charge is 2.12. The third-order valence-corrected chi connectivity index (χ3v) is 4.43. The van der Waals surface area contributed by atoms with Gasteiger partial charge in [-0.1, -0.05) is 62.4 Å². The first-order valence-electron chi connectivity index (χ1n) is 8.20. The molecule has 0 atom stereocenters. The molecule has 0 amide bonds. The molecular formula is C18H25N3. The van der Waals surface area contributed by atoms with E-state index in [1.54, 1.807) is 0 Å². The lowest BCUT2D eigenvalue weighted by molar-refractivity contribution is 0.345. The van der Waals surface area contributed by atoms with Crippen LogP contribution in [-0.4, -0.2) is 16.3 Å². The number of nitrogens with one attached hydrogen (secondary N) is 1. The van der Waals surface area contributed by atoms with E-state index in [0.29, 0.717) is 0 Å². The topological polar surface area (TPSA) is 29.9 Å². The van der Waals surface area contributed by atoms with Crippen molar-refractivity contribution < 1.29 is 0 Å². The second-order valence-electron chi connectivity index (χ2n) is 6.13. The smallest absolute Gasteiger partial charge is 0.0726 e. The van der Waals surface area contributed by atoms with E-state index in [1.165, 1.54) is 44.1 Å². The molecule has 1 aliphatic carbocycles. The Hall–Kier alpha value is -1.77. The van der Waals surface area contributed by atoms with Crippen molar-refractivity contribution in [2.24, 2.45) is 5.92 Å². The van der Waals surface area contributed by atoms with Crippen molar-refractivity contribution in [2.75, 3.05) is 11.9 Å². The van der Waals surface area contributed by atoms with Gasteiger partial charge in [-0.25, -0.2) is 0 Å². The highest BCUT2D eigenvalue weighted by atomic mass is 15.3. The number of aromatic nitrogens is 2. The molecule has 2 aromatic rings. The predicted molar refractivity (Wildman–Crippen MR) is 87.5 cm³/mol. The van der Waals surface area contributed by atoms with Crippen LogP contribution in [0.5, 0.6) is 0 Å². The van der Waals surface area contributed by atoms with Crippen LogP contribution in [0.2, 0.25) is 0 Å². The maximum atomic E-state index is 4.43. The lowest BCUT2D eigenvalue weighted by Crippen LogP contribution is -2.11. The van der Waals surface area contributed by atoms with Crippen molar-refractivity contribution >= 4 is 5.69 Å². The van der Waals surface area contributed by atoms with E-state index >= 15 is 0 Å². The van der Waals surface area contributed by atoms with E-state index in [-0.39, 0.29) is 0 Å². The Kier molecular flexibility index (Phi) is 4.93. The molecule has 3 nitrogen and oxygen atoms in total. The summed E-state index contributed by atoms with van der Waals surface area (Å²) in [4.78, 5) is 0. The van der Waals surface area contributed by atoms with E-state index in [9.17, 15) is 0 Å². The minimum absolute atomic E-state index is 0.838. The van der Waals surface area contributed by atoms with E-state index in [2.05, 4.69) is 40.9 Å². The van der Waals surface area contributed by atoms with Gasteiger partial charge in [-0.15, -0.1) is 0 Å². The van der Waals surface area contributed by atoms with Crippen LogP contribution in [0.4, 0.5) is 5.69 Å². The first-order valence-corrected chi connectivity index (χ1v) is 8.20. The van der Waals surface area contributed by atoms with E-state index in [0.717, 1.165) is 24.7 Å². The number of nitrogens with zero attached hydrogens (tertiary/aromatic N) is 2. The zero-order valence-electron chi connectivity index (χ0n) is 12.7. The Balaban J connectivity index is 1.44. The van der Waals surface area contributed by atoms with Crippen molar-refractivity contribution in [1.29, 1.82) is 0 Å². The van der Waals surface area contributed by atoms with Gasteiger partial charge in [0.25, 0.3) is 0 Å². The molecule has 0 saturated heterocycles. The van der Waals surface area contributed by atoms with Crippen molar-refractivity contribution in [2.45, 2.75) is 45.1 Å². The van der Waals surface area contributed by atoms with Gasteiger partial charge >= 0.3 is 0 Å². The molecule has 0 bridgehead atoms. The lowest BCUT2D eigenvalue weighted by Gasteiger charge is -2.21. The standard InChI is InChI=1S/C18H25N3/c1-3-7-16(8-4-1)11-12-19-18-13-20-21(15-18)14-17-9-5-2-6-10-17/h2,5-6,9-10,13,15-16,19H,1,3-4,7-8,11-12,14H2. The first kappa shape index (κ1) is 14.2. The Morgan fingerprint density at radius 1 is 1.10 bits per heavy atom. The van der Waals surface area contributed by atoms with Crippen LogP contribution in [-0.2, 0) is 6.54 Å². The largest absolute Gasteiger partial charge is 0.383 e. The Morgan fingerprint density at radius 3 is 2.71 bits per heavy atom. The summed E-state index contributed by atoms with van der Waals surface area (Å²) in [5, 5.41) is 7.95. The summed E-state index contributed by atoms with van der Waals surface area (Å²) in [7, 11) is 0. The molecule has 0 spiro atoms. The third kappa shape index (κ3) is 4.35. The maximum Gasteiger partial charge on any atom is 0.0726 e. The molecular weight excluding hydrogens is 258 g/mol. The number of hydrogen-bond donors (Lipinski definition) is 1. The van der Waals surface area contributed by atoms with Crippen LogP contribution in [0.25, 0.3) is 0 Å². The van der Waals surface area contributed by atoms with Crippen LogP contribution in [0.1, 0.15) is 44.1 Å². The molecule has 1 heterocycles. The zero-order valence-corrected chi connectivity index (χ0v) is 12.7. The summed E-state index contributed by atoms with van der Waals surface area (Å²) >= 11 is 0. The average molecular weight is 283 g/mol. The summed E-state index contributed by atoms with van der Waals surface area (Å²) in [6.07, 6.45) is 12.5. The first-order chi connectivity index (χ1) is 10.4. The van der Waals surface area contributed by atoms with Gasteiger partial charge in [0.2, 0.25) is 0 Å². The summed E-state index contributed by atoms with van der Waals surface area (Å²) < 4.78 is 2.00. The highest BCUT2D eigenvalue weighted by Crippen LogP contribution is 2.26. The predicted octanol–water partition coefficient (Wildman–Crippen LogP) is 4.31. The molecule has 0 unspecified atom stereocenters. The SMILES string of the molecule is c1ccc(Cn2cc(NCCC3CCCCC3)cn2)cc1. The second kappa shape index (κ2) is 7.30. The van der Waals surface area contributed by atoms with Crippen LogP contribution in [0.3, 0.4) is 0 Å². The second-order valence-corrected chi connectivity index (χ2v) is 6.13. The number of rotatable bonds is 6. The molecule has 1 saturated carbocycles. The minimum Gasteiger partial charge on any atom is -0.383 e. The third-order valence-electron chi connectivity index (χ3n) is 4.43. The summed E-state index contributed by atoms with van der Waals surface area (Å²) in [6.45, 7) is 1.91. The maximum absolute atomic E-state index is 4.43.